The zero-order valence-corrected chi connectivity index (χ0v) is 10.4. The molecule has 15 heavy (non-hydrogen) atoms. The number of carbonyl (C=O) groups excluding carboxylic acids is 1. The molecule has 0 aromatic rings. The Kier molecular flexibility index (Phi) is 4.89. The molecule has 2 N–H and O–H groups in total. The lowest BCUT2D eigenvalue weighted by Crippen LogP contribution is -2.45. The summed E-state index contributed by atoms with van der Waals surface area (Å²) in [6, 6.07) is 0.113. The van der Waals surface area contributed by atoms with Gasteiger partial charge in [0.2, 0.25) is 5.91 Å². The largest absolute Gasteiger partial charge is 0.379 e. The summed E-state index contributed by atoms with van der Waals surface area (Å²) in [5, 5.41) is 0. The normalized spacial score (nSPS) is 27.7. The van der Waals surface area contributed by atoms with Gasteiger partial charge in [0.25, 0.3) is 0 Å². The predicted octanol–water partition coefficient (Wildman–Crippen LogP) is 0.170. The lowest BCUT2D eigenvalue weighted by atomic mass is 10.0. The van der Waals surface area contributed by atoms with E-state index in [9.17, 15) is 4.79 Å². The standard InChI is InChI=1S/C10H20N2O2S/c1-7(6-15-3)12(2)10(13)8-4-14-5-9(8)11/h7-9H,4-6,11H2,1-3H3. The zero-order chi connectivity index (χ0) is 11.4. The molecule has 1 fully saturated rings. The van der Waals surface area contributed by atoms with Gasteiger partial charge in [0, 0.05) is 24.9 Å². The Bertz CT molecular complexity index is 225. The van der Waals surface area contributed by atoms with Crippen LogP contribution in [0.15, 0.2) is 0 Å². The van der Waals surface area contributed by atoms with E-state index in [1.54, 1.807) is 16.7 Å². The number of nitrogens with two attached hydrogens (primary N) is 1. The van der Waals surface area contributed by atoms with Gasteiger partial charge in [-0.3, -0.25) is 4.79 Å². The molecule has 0 aliphatic carbocycles. The highest BCUT2D eigenvalue weighted by molar-refractivity contribution is 7.98. The predicted molar refractivity (Wildman–Crippen MR) is 62.9 cm³/mol. The molecular formula is C10H20N2O2S. The molecule has 0 saturated carbocycles. The van der Waals surface area contributed by atoms with Crippen LogP contribution < -0.4 is 5.73 Å². The van der Waals surface area contributed by atoms with Crippen molar-refractivity contribution in [3.8, 4) is 0 Å². The lowest BCUT2D eigenvalue weighted by molar-refractivity contribution is -0.135. The SMILES string of the molecule is CSCC(C)N(C)C(=O)C1COCC1N. The fourth-order valence-corrected chi connectivity index (χ4v) is 2.36. The maximum absolute atomic E-state index is 12.0. The van der Waals surface area contributed by atoms with Crippen molar-refractivity contribution in [1.82, 2.24) is 4.90 Å². The Morgan fingerprint density at radius 3 is 2.80 bits per heavy atom. The number of hydrogen-bond acceptors (Lipinski definition) is 4. The molecule has 1 aliphatic rings. The molecule has 3 atom stereocenters. The Morgan fingerprint density at radius 1 is 1.67 bits per heavy atom. The first-order valence-corrected chi connectivity index (χ1v) is 6.56. The third-order valence-corrected chi connectivity index (χ3v) is 3.67. The van der Waals surface area contributed by atoms with Crippen LogP contribution in [0.3, 0.4) is 0 Å². The van der Waals surface area contributed by atoms with E-state index >= 15 is 0 Å². The van der Waals surface area contributed by atoms with Crippen LogP contribution in [-0.2, 0) is 9.53 Å². The van der Waals surface area contributed by atoms with Crippen LogP contribution >= 0.6 is 11.8 Å². The van der Waals surface area contributed by atoms with Crippen LogP contribution in [-0.4, -0.2) is 55.2 Å². The maximum Gasteiger partial charge on any atom is 0.229 e. The average Bonchev–Trinajstić information content (AvgIpc) is 2.62. The first-order valence-electron chi connectivity index (χ1n) is 5.16. The molecule has 1 heterocycles. The molecule has 1 rings (SSSR count). The molecule has 1 aliphatic heterocycles. The molecule has 5 heteroatoms. The van der Waals surface area contributed by atoms with E-state index in [-0.39, 0.29) is 23.9 Å². The van der Waals surface area contributed by atoms with E-state index < -0.39 is 0 Å². The van der Waals surface area contributed by atoms with Gasteiger partial charge in [-0.15, -0.1) is 0 Å². The van der Waals surface area contributed by atoms with Crippen LogP contribution in [0.25, 0.3) is 0 Å². The van der Waals surface area contributed by atoms with E-state index in [1.807, 2.05) is 13.3 Å². The minimum atomic E-state index is -0.153. The monoisotopic (exact) mass is 232 g/mol. The molecule has 0 bridgehead atoms. The minimum absolute atomic E-state index is 0.113. The highest BCUT2D eigenvalue weighted by Crippen LogP contribution is 2.16. The van der Waals surface area contributed by atoms with Crippen molar-refractivity contribution >= 4 is 17.7 Å². The van der Waals surface area contributed by atoms with Gasteiger partial charge in [0.15, 0.2) is 0 Å². The van der Waals surface area contributed by atoms with Gasteiger partial charge in [-0.25, -0.2) is 0 Å². The van der Waals surface area contributed by atoms with Crippen LogP contribution in [0.5, 0.6) is 0 Å². The van der Waals surface area contributed by atoms with Gasteiger partial charge in [-0.1, -0.05) is 0 Å². The van der Waals surface area contributed by atoms with Crippen molar-refractivity contribution in [2.75, 3.05) is 32.3 Å². The molecule has 88 valence electrons. The summed E-state index contributed by atoms with van der Waals surface area (Å²) in [6.45, 7) is 3.02. The second-order valence-electron chi connectivity index (χ2n) is 4.06. The van der Waals surface area contributed by atoms with Crippen LogP contribution in [0.4, 0.5) is 0 Å². The quantitative estimate of drug-likeness (QED) is 0.751. The Hall–Kier alpha value is -0.260. The van der Waals surface area contributed by atoms with Gasteiger partial charge >= 0.3 is 0 Å². The van der Waals surface area contributed by atoms with Crippen molar-refractivity contribution in [2.45, 2.75) is 19.0 Å². The molecule has 1 saturated heterocycles. The van der Waals surface area contributed by atoms with E-state index in [0.29, 0.717) is 13.2 Å². The highest BCUT2D eigenvalue weighted by Gasteiger charge is 2.34. The van der Waals surface area contributed by atoms with Crippen molar-refractivity contribution in [3.05, 3.63) is 0 Å². The number of hydrogen-bond donors (Lipinski definition) is 1. The summed E-state index contributed by atoms with van der Waals surface area (Å²) in [5.74, 6) is 0.909. The van der Waals surface area contributed by atoms with Crippen molar-refractivity contribution in [1.29, 1.82) is 0 Å². The van der Waals surface area contributed by atoms with Crippen LogP contribution in [0.1, 0.15) is 6.92 Å². The summed E-state index contributed by atoms with van der Waals surface area (Å²) in [7, 11) is 1.84. The molecule has 0 aromatic heterocycles. The Labute approximate surface area is 95.5 Å². The van der Waals surface area contributed by atoms with Crippen molar-refractivity contribution in [3.63, 3.8) is 0 Å². The number of ether oxygens (including phenoxy) is 1. The van der Waals surface area contributed by atoms with Gasteiger partial charge in [0.1, 0.15) is 0 Å². The maximum atomic E-state index is 12.0. The molecule has 1 amide bonds. The first-order chi connectivity index (χ1) is 7.07. The van der Waals surface area contributed by atoms with Crippen LogP contribution in [0, 0.1) is 5.92 Å². The fraction of sp³-hybridized carbons (Fsp3) is 0.900. The average molecular weight is 232 g/mol. The van der Waals surface area contributed by atoms with Gasteiger partial charge in [-0.05, 0) is 13.2 Å². The Morgan fingerprint density at radius 2 is 2.33 bits per heavy atom. The summed E-state index contributed by atoms with van der Waals surface area (Å²) in [6.07, 6.45) is 2.04. The number of rotatable bonds is 4. The number of carbonyl (C=O) groups is 1. The van der Waals surface area contributed by atoms with Gasteiger partial charge in [-0.2, -0.15) is 11.8 Å². The second kappa shape index (κ2) is 5.72. The molecule has 3 unspecified atom stereocenters. The minimum Gasteiger partial charge on any atom is -0.379 e. The lowest BCUT2D eigenvalue weighted by Gasteiger charge is -2.27. The van der Waals surface area contributed by atoms with E-state index in [2.05, 4.69) is 6.92 Å². The Balaban J connectivity index is 2.51. The first kappa shape index (κ1) is 12.8. The molecule has 0 radical (unpaired) electrons. The molecule has 0 aromatic carbocycles. The molecular weight excluding hydrogens is 212 g/mol. The smallest absolute Gasteiger partial charge is 0.229 e. The third kappa shape index (κ3) is 3.09. The van der Waals surface area contributed by atoms with Gasteiger partial charge < -0.3 is 15.4 Å². The summed E-state index contributed by atoms with van der Waals surface area (Å²) < 4.78 is 5.20. The number of amides is 1. The van der Waals surface area contributed by atoms with Crippen LogP contribution in [0.2, 0.25) is 0 Å². The van der Waals surface area contributed by atoms with Crippen molar-refractivity contribution in [2.24, 2.45) is 11.7 Å². The summed E-state index contributed by atoms with van der Waals surface area (Å²) in [5.41, 5.74) is 5.81. The number of nitrogens with zero attached hydrogens (tertiary/aromatic N) is 1. The summed E-state index contributed by atoms with van der Waals surface area (Å²) in [4.78, 5) is 13.8. The van der Waals surface area contributed by atoms with Gasteiger partial charge in [0.05, 0.1) is 19.1 Å². The number of thioether (sulfide) groups is 1. The highest BCUT2D eigenvalue weighted by atomic mass is 32.2. The summed E-state index contributed by atoms with van der Waals surface area (Å²) >= 11 is 1.74. The van der Waals surface area contributed by atoms with E-state index in [4.69, 9.17) is 10.5 Å². The topological polar surface area (TPSA) is 55.6 Å². The third-order valence-electron chi connectivity index (χ3n) is 2.86. The molecule has 0 spiro atoms. The molecule has 4 nitrogen and oxygen atoms in total. The fourth-order valence-electron chi connectivity index (χ4n) is 1.66. The van der Waals surface area contributed by atoms with E-state index in [0.717, 1.165) is 5.75 Å². The van der Waals surface area contributed by atoms with Crippen molar-refractivity contribution < 1.29 is 9.53 Å². The second-order valence-corrected chi connectivity index (χ2v) is 4.97. The van der Waals surface area contributed by atoms with E-state index in [1.165, 1.54) is 0 Å². The zero-order valence-electron chi connectivity index (χ0n) is 9.60.